The molecule has 6 aromatic carbocycles. The molecule has 0 amide bonds. The summed E-state index contributed by atoms with van der Waals surface area (Å²) in [5.41, 5.74) is 19.2. The second-order valence-corrected chi connectivity index (χ2v) is 16.9. The van der Waals surface area contributed by atoms with Crippen LogP contribution in [0.2, 0.25) is 0 Å². The van der Waals surface area contributed by atoms with Gasteiger partial charge in [-0.25, -0.2) is 15.0 Å². The van der Waals surface area contributed by atoms with Crippen molar-refractivity contribution in [2.75, 3.05) is 0 Å². The van der Waals surface area contributed by atoms with Gasteiger partial charge in [-0.2, -0.15) is 5.26 Å². The van der Waals surface area contributed by atoms with E-state index in [1.807, 2.05) is 73.1 Å². The quantitative estimate of drug-likeness (QED) is 0.151. The van der Waals surface area contributed by atoms with Crippen LogP contribution in [0.25, 0.3) is 101 Å². The lowest BCUT2D eigenvalue weighted by Gasteiger charge is -2.23. The number of rotatable bonds is 8. The maximum absolute atomic E-state index is 10.2. The number of fused-ring (bicyclic) bond motifs is 3. The van der Waals surface area contributed by atoms with E-state index < -0.39 is 0 Å². The first-order chi connectivity index (χ1) is 31.9. The fourth-order valence-corrected chi connectivity index (χ4v) is 9.21. The van der Waals surface area contributed by atoms with Crippen molar-refractivity contribution in [1.29, 1.82) is 5.26 Å². The van der Waals surface area contributed by atoms with E-state index in [2.05, 4.69) is 151 Å². The van der Waals surface area contributed by atoms with Crippen LogP contribution in [-0.4, -0.2) is 24.9 Å². The first-order valence-electron chi connectivity index (χ1n) is 21.7. The molecule has 6 nitrogen and oxygen atoms in total. The molecule has 0 atom stereocenters. The molecule has 0 saturated heterocycles. The third kappa shape index (κ3) is 7.35. The molecule has 10 aromatic rings. The summed E-state index contributed by atoms with van der Waals surface area (Å²) in [6, 6.07) is 65.5. The number of nitriles is 1. The van der Waals surface area contributed by atoms with Crippen LogP contribution in [0.4, 0.5) is 0 Å². The van der Waals surface area contributed by atoms with Gasteiger partial charge in [0.05, 0.1) is 34.4 Å². The summed E-state index contributed by atoms with van der Waals surface area (Å²) in [6.07, 6.45) is 7.26. The van der Waals surface area contributed by atoms with E-state index in [1.54, 1.807) is 12.4 Å². The van der Waals surface area contributed by atoms with Gasteiger partial charge in [-0.15, -0.1) is 0 Å². The van der Waals surface area contributed by atoms with Gasteiger partial charge in [0.25, 0.3) is 0 Å². The smallest absolute Gasteiger partial charge is 0.160 e. The number of benzene rings is 6. The predicted molar refractivity (Wildman–Crippen MR) is 261 cm³/mol. The standard InChI is InChI=1S/C59H40N6/c1-59(2)52-31-42(24-25-50(52)51-19-9-16-43(35-60)57(51)59)46-28-47(48-32-53(44-17-10-26-61-36-44)63-54(33-48)45-18-11-27-62-37-45)30-49(29-46)56-34-55(64-58(65-56)41-14-7-4-8-15-41)40-22-20-39(21-23-40)38-12-5-3-6-13-38/h3-34,36-37H,1-2H3. The minimum absolute atomic E-state index is 0.377. The zero-order valence-electron chi connectivity index (χ0n) is 35.8. The molecule has 1 aliphatic rings. The maximum Gasteiger partial charge on any atom is 0.160 e. The second-order valence-electron chi connectivity index (χ2n) is 16.9. The van der Waals surface area contributed by atoms with Gasteiger partial charge < -0.3 is 0 Å². The van der Waals surface area contributed by atoms with Gasteiger partial charge in [-0.05, 0) is 128 Å². The summed E-state index contributed by atoms with van der Waals surface area (Å²) < 4.78 is 0. The van der Waals surface area contributed by atoms with Crippen LogP contribution in [0.15, 0.2) is 207 Å². The van der Waals surface area contributed by atoms with E-state index >= 15 is 0 Å². The van der Waals surface area contributed by atoms with Crippen molar-refractivity contribution in [2.24, 2.45) is 0 Å². The average Bonchev–Trinajstić information content (AvgIpc) is 3.62. The molecule has 65 heavy (non-hydrogen) atoms. The summed E-state index contributed by atoms with van der Waals surface area (Å²) in [7, 11) is 0. The molecule has 0 fully saturated rings. The van der Waals surface area contributed by atoms with Crippen molar-refractivity contribution in [3.05, 3.63) is 223 Å². The van der Waals surface area contributed by atoms with E-state index in [0.29, 0.717) is 11.4 Å². The highest BCUT2D eigenvalue weighted by Crippen LogP contribution is 2.51. The highest BCUT2D eigenvalue weighted by molar-refractivity contribution is 5.88. The molecule has 0 spiro atoms. The Labute approximate surface area is 378 Å². The molecule has 1 aliphatic carbocycles. The van der Waals surface area contributed by atoms with Crippen LogP contribution in [0.3, 0.4) is 0 Å². The third-order valence-corrected chi connectivity index (χ3v) is 12.5. The van der Waals surface area contributed by atoms with Gasteiger partial charge in [-0.3, -0.25) is 9.97 Å². The molecule has 0 radical (unpaired) electrons. The number of nitrogens with zero attached hydrogens (tertiary/aromatic N) is 6. The second kappa shape index (κ2) is 16.2. The van der Waals surface area contributed by atoms with Gasteiger partial charge in [0.2, 0.25) is 0 Å². The molecule has 0 aliphatic heterocycles. The molecular weight excluding hydrogens is 793 g/mol. The van der Waals surface area contributed by atoms with E-state index in [9.17, 15) is 5.26 Å². The predicted octanol–water partition coefficient (Wildman–Crippen LogP) is 14.2. The van der Waals surface area contributed by atoms with Gasteiger partial charge in [-0.1, -0.05) is 123 Å². The van der Waals surface area contributed by atoms with Crippen LogP contribution in [-0.2, 0) is 5.41 Å². The van der Waals surface area contributed by atoms with E-state index in [4.69, 9.17) is 15.0 Å². The number of hydrogen-bond acceptors (Lipinski definition) is 6. The minimum Gasteiger partial charge on any atom is -0.264 e. The van der Waals surface area contributed by atoms with Crippen molar-refractivity contribution < 1.29 is 0 Å². The normalized spacial score (nSPS) is 12.3. The highest BCUT2D eigenvalue weighted by Gasteiger charge is 2.37. The van der Waals surface area contributed by atoms with Gasteiger partial charge in [0.1, 0.15) is 0 Å². The van der Waals surface area contributed by atoms with Gasteiger partial charge in [0.15, 0.2) is 5.82 Å². The number of hydrogen-bond donors (Lipinski definition) is 0. The molecule has 0 unspecified atom stereocenters. The van der Waals surface area contributed by atoms with Gasteiger partial charge in [0, 0.05) is 58.0 Å². The molecule has 0 saturated carbocycles. The Bertz CT molecular complexity index is 3380. The van der Waals surface area contributed by atoms with Crippen LogP contribution >= 0.6 is 0 Å². The summed E-state index contributed by atoms with van der Waals surface area (Å²) in [6.45, 7) is 4.45. The lowest BCUT2D eigenvalue weighted by molar-refractivity contribution is 0.658. The first-order valence-corrected chi connectivity index (χ1v) is 21.7. The van der Waals surface area contributed by atoms with Crippen molar-refractivity contribution in [3.8, 4) is 107 Å². The third-order valence-electron chi connectivity index (χ3n) is 12.5. The fraction of sp³-hybridized carbons (Fsp3) is 0.0508. The zero-order valence-corrected chi connectivity index (χ0v) is 35.8. The molecule has 0 N–H and O–H groups in total. The summed E-state index contributed by atoms with van der Waals surface area (Å²) in [4.78, 5) is 24.5. The molecule has 4 aromatic heterocycles. The van der Waals surface area contributed by atoms with Crippen molar-refractivity contribution in [2.45, 2.75) is 19.3 Å². The minimum atomic E-state index is -0.377. The maximum atomic E-state index is 10.2. The Morgan fingerprint density at radius 3 is 1.54 bits per heavy atom. The van der Waals surface area contributed by atoms with E-state index in [1.165, 1.54) is 5.56 Å². The Balaban J connectivity index is 1.13. The van der Waals surface area contributed by atoms with Gasteiger partial charge >= 0.3 is 0 Å². The monoisotopic (exact) mass is 832 g/mol. The van der Waals surface area contributed by atoms with Crippen molar-refractivity contribution >= 4 is 0 Å². The van der Waals surface area contributed by atoms with Crippen LogP contribution in [0.5, 0.6) is 0 Å². The summed E-state index contributed by atoms with van der Waals surface area (Å²) in [5, 5.41) is 10.2. The molecule has 11 rings (SSSR count). The largest absolute Gasteiger partial charge is 0.264 e. The van der Waals surface area contributed by atoms with Crippen LogP contribution < -0.4 is 0 Å². The topological polar surface area (TPSA) is 88.2 Å². The fourth-order valence-electron chi connectivity index (χ4n) is 9.21. The first kappa shape index (κ1) is 39.2. The van der Waals surface area contributed by atoms with Crippen molar-refractivity contribution in [1.82, 2.24) is 24.9 Å². The Hall–Kier alpha value is -8.66. The Morgan fingerprint density at radius 2 is 0.908 bits per heavy atom. The summed E-state index contributed by atoms with van der Waals surface area (Å²) >= 11 is 0. The molecule has 6 heteroatoms. The average molecular weight is 833 g/mol. The molecular formula is C59H40N6. The Morgan fingerprint density at radius 1 is 0.385 bits per heavy atom. The lowest BCUT2D eigenvalue weighted by atomic mass is 9.79. The zero-order chi connectivity index (χ0) is 43.9. The number of pyridine rings is 3. The lowest BCUT2D eigenvalue weighted by Crippen LogP contribution is -2.16. The molecule has 4 heterocycles. The van der Waals surface area contributed by atoms with Crippen molar-refractivity contribution in [3.63, 3.8) is 0 Å². The summed E-state index contributed by atoms with van der Waals surface area (Å²) in [5.74, 6) is 0.643. The van der Waals surface area contributed by atoms with Crippen LogP contribution in [0.1, 0.15) is 30.5 Å². The highest BCUT2D eigenvalue weighted by atomic mass is 14.9. The number of aromatic nitrogens is 5. The van der Waals surface area contributed by atoms with Crippen LogP contribution in [0, 0.1) is 11.3 Å². The Kier molecular flexibility index (Phi) is 9.79. The van der Waals surface area contributed by atoms with E-state index in [-0.39, 0.29) is 5.41 Å². The SMILES string of the molecule is CC1(C)c2cc(-c3cc(-c4cc(-c5cccnc5)nc(-c5cccnc5)c4)cc(-c4cc(-c5ccc(-c6ccccc6)cc5)nc(-c5ccccc5)n4)c3)ccc2-c2cccc(C#N)c21. The van der Waals surface area contributed by atoms with E-state index in [0.717, 1.165) is 101 Å². The molecule has 0 bridgehead atoms. The molecule has 306 valence electrons.